The number of rotatable bonds is 24. The fraction of sp³-hybridized carbons (Fsp3) is 0.607. The molecule has 0 saturated heterocycles. The van der Waals surface area contributed by atoms with Crippen molar-refractivity contribution in [3.05, 3.63) is 38.0 Å². The molecule has 0 aromatic rings. The smallest absolute Gasteiger partial charge is 0.408 e. The van der Waals surface area contributed by atoms with E-state index >= 15 is 0 Å². The molecule has 0 spiro atoms. The van der Waals surface area contributed by atoms with Crippen LogP contribution in [0.25, 0.3) is 0 Å². The second-order valence-corrected chi connectivity index (χ2v) is 12.5. The van der Waals surface area contributed by atoms with Crippen molar-refractivity contribution < 1.29 is 66.6 Å². The highest BCUT2D eigenvalue weighted by molar-refractivity contribution is 7.54. The Labute approximate surface area is 269 Å². The molecule has 0 aromatic carbocycles. The van der Waals surface area contributed by atoms with Gasteiger partial charge in [0, 0.05) is 6.42 Å². The molecule has 0 aliphatic rings. The molecule has 3 amide bonds. The highest BCUT2D eigenvalue weighted by Crippen LogP contribution is 2.54. The molecule has 0 rings (SSSR count). The Bertz CT molecular complexity index is 1040. The lowest BCUT2D eigenvalue weighted by Gasteiger charge is -2.31. The molecular weight excluding hydrogens is 631 g/mol. The monoisotopic (exact) mass is 679 g/mol. The second-order valence-electron chi connectivity index (χ2n) is 10.8. The van der Waals surface area contributed by atoms with Gasteiger partial charge in [-0.1, -0.05) is 24.8 Å². The molecule has 17 nitrogen and oxygen atoms in total. The first kappa shape index (κ1) is 42.6. The largest absolute Gasteiger partial charge is 0.606 e. The molecule has 5 N–H and O–H groups in total. The Balaban J connectivity index is 6.18. The van der Waals surface area contributed by atoms with E-state index in [1.807, 2.05) is 21.1 Å². The zero-order chi connectivity index (χ0) is 35.5. The molecule has 262 valence electrons. The maximum atomic E-state index is 13.5. The lowest BCUT2D eigenvalue weighted by atomic mass is 10.1. The van der Waals surface area contributed by atoms with E-state index < -0.39 is 81.2 Å². The standard InChI is InChI=1S/C28H47N4O13P/c1-9-15-42-28(39)31-24(20(5)45-46(40,43-16-10-2)44-17-11-3)26(37)29-21(12-13-22(34)35)25(36)30-23(19(4)33)27(38)41-18-14-32(6,7)8/h9-11,19-21,23-24,33H,1-3,12-18H2,4-8H3,(H3-,29,30,31,34,35,36,37,39)/p+1/t19-,20-,21+,23+,24+/m1/s1. The van der Waals surface area contributed by atoms with Crippen LogP contribution in [0, 0.1) is 0 Å². The number of aliphatic carboxylic acids is 1. The number of phosphoric ester groups is 1. The average molecular weight is 680 g/mol. The minimum Gasteiger partial charge on any atom is -0.606 e. The molecular formula is C28H48N4O13P+. The number of phosphoric acid groups is 1. The van der Waals surface area contributed by atoms with Gasteiger partial charge in [0.05, 0.1) is 27.2 Å². The predicted octanol–water partition coefficient (Wildman–Crippen LogP) is -0.420. The fourth-order valence-corrected chi connectivity index (χ4v) is 4.59. The van der Waals surface area contributed by atoms with Gasteiger partial charge in [0.15, 0.2) is 6.04 Å². The summed E-state index contributed by atoms with van der Waals surface area (Å²) in [6.45, 7) is 12.4. The van der Waals surface area contributed by atoms with E-state index in [0.29, 0.717) is 11.0 Å². The van der Waals surface area contributed by atoms with Gasteiger partial charge < -0.3 is 45.0 Å². The van der Waals surface area contributed by atoms with Crippen LogP contribution in [0.3, 0.4) is 0 Å². The summed E-state index contributed by atoms with van der Waals surface area (Å²) in [6.07, 6.45) is -1.31. The van der Waals surface area contributed by atoms with Crippen molar-refractivity contribution in [3.63, 3.8) is 0 Å². The third-order valence-electron chi connectivity index (χ3n) is 5.67. The number of esters is 1. The van der Waals surface area contributed by atoms with Crippen LogP contribution in [0.15, 0.2) is 38.0 Å². The molecule has 18 heteroatoms. The summed E-state index contributed by atoms with van der Waals surface area (Å²) < 4.78 is 26.2. The zero-order valence-electron chi connectivity index (χ0n) is 27.0. The average Bonchev–Trinajstić information content (AvgIpc) is 2.96. The minimum atomic E-state index is -4.37. The van der Waals surface area contributed by atoms with E-state index in [9.17, 15) is 39.1 Å². The van der Waals surface area contributed by atoms with E-state index in [1.165, 1.54) is 32.1 Å². The third kappa shape index (κ3) is 17.9. The molecule has 46 heavy (non-hydrogen) atoms. The number of carbonyl (C=O) groups excluding carboxylic acids is 4. The minimum absolute atomic E-state index is 0.0231. The first-order chi connectivity index (χ1) is 21.4. The van der Waals surface area contributed by atoms with Gasteiger partial charge in [-0.2, -0.15) is 13.6 Å². The first-order valence-corrected chi connectivity index (χ1v) is 15.7. The topological polar surface area (TPSA) is 231 Å². The van der Waals surface area contributed by atoms with E-state index in [0.717, 1.165) is 0 Å². The fourth-order valence-electron chi connectivity index (χ4n) is 3.29. The quantitative estimate of drug-likeness (QED) is 0.0378. The Kier molecular flexibility index (Phi) is 19.8. The van der Waals surface area contributed by atoms with Crippen LogP contribution >= 0.6 is 8.17 Å². The number of carboxylic acid groups (broad SMARTS) is 1. The van der Waals surface area contributed by atoms with Gasteiger partial charge in [-0.25, -0.2) is 9.59 Å². The molecule has 0 bridgehead atoms. The van der Waals surface area contributed by atoms with Crippen molar-refractivity contribution in [3.8, 4) is 0 Å². The zero-order valence-corrected chi connectivity index (χ0v) is 27.9. The van der Waals surface area contributed by atoms with Gasteiger partial charge in [0.2, 0.25) is 11.8 Å². The number of hydrogen-bond donors (Lipinski definition) is 5. The number of nitrogens with one attached hydrogen (secondary N) is 3. The molecule has 0 unspecified atom stereocenters. The Morgan fingerprint density at radius 3 is 1.91 bits per heavy atom. The van der Waals surface area contributed by atoms with E-state index in [2.05, 4.69) is 35.7 Å². The van der Waals surface area contributed by atoms with Gasteiger partial charge in [-0.05, 0) is 20.3 Å². The summed E-state index contributed by atoms with van der Waals surface area (Å²) in [5.41, 5.74) is 0. The molecule has 0 aromatic heterocycles. The number of quaternary nitrogens is 1. The molecule has 0 radical (unpaired) electrons. The Morgan fingerprint density at radius 1 is 0.870 bits per heavy atom. The van der Waals surface area contributed by atoms with Crippen LogP contribution in [0.4, 0.5) is 4.79 Å². The SMILES string of the molecule is C=CCOC(=O)N[C@H](C(=O)N[C@@H](CCC(=O)O)C(=O)N[C@H](C(=O)OCC[N+](C)(C)C)[C@@H](C)O)[C@@H](C)O[P+]([O-])(OCC=C)OCC=C. The number of hydrogen-bond acceptors (Lipinski definition) is 12. The summed E-state index contributed by atoms with van der Waals surface area (Å²) in [6, 6.07) is -4.90. The normalized spacial score (nSPS) is 14.8. The lowest BCUT2D eigenvalue weighted by Crippen LogP contribution is -2.59. The van der Waals surface area contributed by atoms with Crippen molar-refractivity contribution in [2.45, 2.75) is 57.0 Å². The summed E-state index contributed by atoms with van der Waals surface area (Å²) in [4.78, 5) is 76.3. The first-order valence-electron chi connectivity index (χ1n) is 14.2. The van der Waals surface area contributed by atoms with Crippen LogP contribution in [0.5, 0.6) is 0 Å². The van der Waals surface area contributed by atoms with Gasteiger partial charge >= 0.3 is 26.2 Å². The van der Waals surface area contributed by atoms with Crippen molar-refractivity contribution >= 4 is 38.0 Å². The summed E-state index contributed by atoms with van der Waals surface area (Å²) in [5, 5.41) is 26.2. The number of aliphatic hydroxyl groups excluding tert-OH is 1. The van der Waals surface area contributed by atoms with Crippen LogP contribution in [-0.4, -0.2) is 129 Å². The summed E-state index contributed by atoms with van der Waals surface area (Å²) >= 11 is 0. The van der Waals surface area contributed by atoms with E-state index in [-0.39, 0.29) is 26.4 Å². The van der Waals surface area contributed by atoms with E-state index in [1.54, 1.807) is 0 Å². The van der Waals surface area contributed by atoms with Gasteiger partial charge in [0.1, 0.15) is 51.2 Å². The Hall–Kier alpha value is -3.44. The van der Waals surface area contributed by atoms with Crippen LogP contribution in [0.2, 0.25) is 0 Å². The van der Waals surface area contributed by atoms with Crippen LogP contribution in [0.1, 0.15) is 26.7 Å². The third-order valence-corrected chi connectivity index (χ3v) is 7.20. The summed E-state index contributed by atoms with van der Waals surface area (Å²) in [7, 11) is 1.23. The molecule has 0 aliphatic heterocycles. The maximum Gasteiger partial charge on any atom is 0.408 e. The van der Waals surface area contributed by atoms with Crippen LogP contribution in [-0.2, 0) is 42.2 Å². The van der Waals surface area contributed by atoms with Gasteiger partial charge in [-0.3, -0.25) is 14.4 Å². The molecule has 0 saturated carbocycles. The number of amides is 3. The number of aliphatic hydroxyl groups is 1. The number of alkyl carbamates (subject to hydrolysis) is 1. The number of carboxylic acids is 1. The van der Waals surface area contributed by atoms with Crippen molar-refractivity contribution in [1.29, 1.82) is 0 Å². The number of likely N-dealkylation sites (N-methyl/N-ethyl adjacent to an activating group) is 1. The van der Waals surface area contributed by atoms with Crippen LogP contribution < -0.4 is 20.8 Å². The maximum absolute atomic E-state index is 13.5. The lowest BCUT2D eigenvalue weighted by molar-refractivity contribution is -0.870. The second kappa shape index (κ2) is 21.4. The molecule has 0 heterocycles. The van der Waals surface area contributed by atoms with Crippen molar-refractivity contribution in [1.82, 2.24) is 16.0 Å². The number of carbonyl (C=O) groups is 5. The van der Waals surface area contributed by atoms with Crippen molar-refractivity contribution in [2.75, 3.05) is 54.1 Å². The van der Waals surface area contributed by atoms with Gasteiger partial charge in [0.25, 0.3) is 0 Å². The molecule has 5 atom stereocenters. The highest BCUT2D eigenvalue weighted by Gasteiger charge is 2.42. The summed E-state index contributed by atoms with van der Waals surface area (Å²) in [5.74, 6) is -4.41. The number of ether oxygens (including phenoxy) is 2. The van der Waals surface area contributed by atoms with E-state index in [4.69, 9.17) is 23.0 Å². The van der Waals surface area contributed by atoms with Gasteiger partial charge in [-0.15, -0.1) is 13.2 Å². The van der Waals surface area contributed by atoms with Crippen molar-refractivity contribution in [2.24, 2.45) is 0 Å². The number of nitrogens with zero attached hydrogens (tertiary/aromatic N) is 1. The molecule has 0 fully saturated rings. The molecule has 0 aliphatic carbocycles. The highest BCUT2D eigenvalue weighted by atomic mass is 31.2. The predicted molar refractivity (Wildman–Crippen MR) is 165 cm³/mol. The Morgan fingerprint density at radius 2 is 1.43 bits per heavy atom.